The average molecular weight is 196 g/mol. The lowest BCUT2D eigenvalue weighted by atomic mass is 9.93. The van der Waals surface area contributed by atoms with Crippen molar-refractivity contribution in [3.05, 3.63) is 11.9 Å². The van der Waals surface area contributed by atoms with Crippen molar-refractivity contribution < 1.29 is 4.79 Å². The first-order valence-corrected chi connectivity index (χ1v) is 5.29. The van der Waals surface area contributed by atoms with E-state index in [1.54, 1.807) is 6.20 Å². The van der Waals surface area contributed by atoms with Crippen molar-refractivity contribution in [2.45, 2.75) is 26.2 Å². The summed E-state index contributed by atoms with van der Waals surface area (Å²) in [5.41, 5.74) is 1.04. The molecule has 0 aliphatic heterocycles. The molecule has 13 heavy (non-hydrogen) atoms. The molecule has 0 spiro atoms. The maximum Gasteiger partial charge on any atom is 0.136 e. The van der Waals surface area contributed by atoms with Gasteiger partial charge in [-0.25, -0.2) is 0 Å². The Hall–Kier alpha value is -0.770. The lowest BCUT2D eigenvalue weighted by molar-refractivity contribution is -0.120. The van der Waals surface area contributed by atoms with Gasteiger partial charge in [-0.15, -0.1) is 0 Å². The van der Waals surface area contributed by atoms with Gasteiger partial charge in [0.2, 0.25) is 0 Å². The van der Waals surface area contributed by atoms with Crippen molar-refractivity contribution in [2.24, 2.45) is 11.8 Å². The molecular formula is C9H12N2OS. The zero-order chi connectivity index (χ0) is 9.26. The van der Waals surface area contributed by atoms with Crippen molar-refractivity contribution in [1.82, 2.24) is 8.75 Å². The van der Waals surface area contributed by atoms with Gasteiger partial charge in [0.15, 0.2) is 0 Å². The number of aromatic nitrogens is 2. The Morgan fingerprint density at radius 2 is 2.54 bits per heavy atom. The zero-order valence-corrected chi connectivity index (χ0v) is 8.38. The van der Waals surface area contributed by atoms with Gasteiger partial charge in [0, 0.05) is 12.3 Å². The van der Waals surface area contributed by atoms with Gasteiger partial charge in [-0.1, -0.05) is 6.92 Å². The molecule has 1 aromatic heterocycles. The third-order valence-electron chi connectivity index (χ3n) is 2.85. The number of carbonyl (C=O) groups excluding carboxylic acids is 1. The summed E-state index contributed by atoms with van der Waals surface area (Å²) in [5, 5.41) is 0. The molecule has 0 radical (unpaired) electrons. The molecule has 1 aromatic rings. The molecule has 1 aliphatic rings. The monoisotopic (exact) mass is 196 g/mol. The SMILES string of the molecule is CC1C(=O)CCC1Cc1cnsn1. The number of hydrogen-bond donors (Lipinski definition) is 0. The normalized spacial score (nSPS) is 28.2. The minimum Gasteiger partial charge on any atom is -0.299 e. The molecular weight excluding hydrogens is 184 g/mol. The summed E-state index contributed by atoms with van der Waals surface area (Å²) in [6.45, 7) is 2.03. The first-order valence-electron chi connectivity index (χ1n) is 4.56. The minimum absolute atomic E-state index is 0.224. The minimum atomic E-state index is 0.224. The van der Waals surface area contributed by atoms with Crippen LogP contribution in [-0.2, 0) is 11.2 Å². The highest BCUT2D eigenvalue weighted by molar-refractivity contribution is 6.99. The highest BCUT2D eigenvalue weighted by Crippen LogP contribution is 2.30. The first kappa shape index (κ1) is 8.81. The van der Waals surface area contributed by atoms with Crippen molar-refractivity contribution in [3.8, 4) is 0 Å². The molecule has 0 saturated heterocycles. The lowest BCUT2D eigenvalue weighted by Gasteiger charge is -2.11. The molecule has 2 unspecified atom stereocenters. The topological polar surface area (TPSA) is 42.9 Å². The van der Waals surface area contributed by atoms with Crippen molar-refractivity contribution in [1.29, 1.82) is 0 Å². The Balaban J connectivity index is 2.00. The molecule has 70 valence electrons. The van der Waals surface area contributed by atoms with Gasteiger partial charge in [-0.2, -0.15) is 8.75 Å². The second-order valence-corrected chi connectivity index (χ2v) is 4.21. The van der Waals surface area contributed by atoms with Crippen molar-refractivity contribution in [3.63, 3.8) is 0 Å². The highest BCUT2D eigenvalue weighted by Gasteiger charge is 2.31. The van der Waals surface area contributed by atoms with Crippen molar-refractivity contribution in [2.75, 3.05) is 0 Å². The Kier molecular flexibility index (Phi) is 2.40. The van der Waals surface area contributed by atoms with E-state index in [0.29, 0.717) is 11.7 Å². The van der Waals surface area contributed by atoms with Gasteiger partial charge < -0.3 is 0 Å². The van der Waals surface area contributed by atoms with Crippen LogP contribution in [0.4, 0.5) is 0 Å². The number of carbonyl (C=O) groups is 1. The fourth-order valence-electron chi connectivity index (χ4n) is 1.89. The van der Waals surface area contributed by atoms with E-state index < -0.39 is 0 Å². The van der Waals surface area contributed by atoms with Crippen LogP contribution in [0.2, 0.25) is 0 Å². The number of ketones is 1. The van der Waals surface area contributed by atoms with Crippen molar-refractivity contribution >= 4 is 17.5 Å². The predicted molar refractivity (Wildman–Crippen MR) is 50.5 cm³/mol. The molecule has 4 heteroatoms. The second-order valence-electron chi connectivity index (χ2n) is 3.66. The van der Waals surface area contributed by atoms with Gasteiger partial charge in [-0.3, -0.25) is 4.79 Å². The van der Waals surface area contributed by atoms with E-state index in [1.807, 2.05) is 6.92 Å². The maximum absolute atomic E-state index is 11.3. The molecule has 0 amide bonds. The highest BCUT2D eigenvalue weighted by atomic mass is 32.1. The van der Waals surface area contributed by atoms with E-state index in [-0.39, 0.29) is 5.92 Å². The van der Waals surface area contributed by atoms with Crippen LogP contribution in [0.25, 0.3) is 0 Å². The largest absolute Gasteiger partial charge is 0.299 e. The second kappa shape index (κ2) is 3.54. The molecule has 1 fully saturated rings. The van der Waals surface area contributed by atoms with Gasteiger partial charge in [0.25, 0.3) is 0 Å². The molecule has 1 heterocycles. The maximum atomic E-state index is 11.3. The van der Waals surface area contributed by atoms with Gasteiger partial charge in [-0.05, 0) is 18.8 Å². The summed E-state index contributed by atoms with van der Waals surface area (Å²) in [6, 6.07) is 0. The van der Waals surface area contributed by atoms with Crippen LogP contribution in [0.1, 0.15) is 25.5 Å². The molecule has 1 saturated carbocycles. The van der Waals surface area contributed by atoms with Gasteiger partial charge >= 0.3 is 0 Å². The van der Waals surface area contributed by atoms with Crippen LogP contribution < -0.4 is 0 Å². The standard InChI is InChI=1S/C9H12N2OS/c1-6-7(2-3-9(6)12)4-8-5-10-13-11-8/h5-7H,2-4H2,1H3. The summed E-state index contributed by atoms with van der Waals surface area (Å²) in [7, 11) is 0. The third-order valence-corrected chi connectivity index (χ3v) is 3.37. The van der Waals surface area contributed by atoms with E-state index in [9.17, 15) is 4.79 Å². The Bertz CT molecular complexity index is 297. The van der Waals surface area contributed by atoms with Crippen LogP contribution in [-0.4, -0.2) is 14.5 Å². The molecule has 3 nitrogen and oxygen atoms in total. The number of nitrogens with zero attached hydrogens (tertiary/aromatic N) is 2. The molecule has 0 aromatic carbocycles. The summed E-state index contributed by atoms with van der Waals surface area (Å²) < 4.78 is 8.11. The molecule has 2 atom stereocenters. The number of Topliss-reactive ketones (excluding diaryl/α,β-unsaturated/α-hetero) is 1. The van der Waals surface area contributed by atoms with E-state index in [2.05, 4.69) is 8.75 Å². The van der Waals surface area contributed by atoms with Crippen LogP contribution in [0.5, 0.6) is 0 Å². The van der Waals surface area contributed by atoms with Crippen LogP contribution in [0, 0.1) is 11.8 Å². The van der Waals surface area contributed by atoms with Crippen LogP contribution in [0.3, 0.4) is 0 Å². The quantitative estimate of drug-likeness (QED) is 0.723. The summed E-state index contributed by atoms with van der Waals surface area (Å²) in [6.07, 6.45) is 4.50. The predicted octanol–water partition coefficient (Wildman–Crippen LogP) is 1.70. The lowest BCUT2D eigenvalue weighted by Crippen LogP contribution is -2.12. The molecule has 0 bridgehead atoms. The van der Waals surface area contributed by atoms with E-state index >= 15 is 0 Å². The zero-order valence-electron chi connectivity index (χ0n) is 7.56. The third kappa shape index (κ3) is 1.77. The Morgan fingerprint density at radius 1 is 1.69 bits per heavy atom. The average Bonchev–Trinajstić information content (AvgIpc) is 2.71. The summed E-state index contributed by atoms with van der Waals surface area (Å²) >= 11 is 1.24. The molecule has 2 rings (SSSR count). The Morgan fingerprint density at radius 3 is 3.08 bits per heavy atom. The summed E-state index contributed by atoms with van der Waals surface area (Å²) in [4.78, 5) is 11.3. The smallest absolute Gasteiger partial charge is 0.136 e. The van der Waals surface area contributed by atoms with E-state index in [0.717, 1.165) is 25.0 Å². The fraction of sp³-hybridized carbons (Fsp3) is 0.667. The molecule has 1 aliphatic carbocycles. The first-order chi connectivity index (χ1) is 6.27. The number of rotatable bonds is 2. The van der Waals surface area contributed by atoms with Crippen LogP contribution >= 0.6 is 11.7 Å². The van der Waals surface area contributed by atoms with E-state index in [4.69, 9.17) is 0 Å². The van der Waals surface area contributed by atoms with E-state index in [1.165, 1.54) is 11.7 Å². The van der Waals surface area contributed by atoms with Crippen LogP contribution in [0.15, 0.2) is 6.20 Å². The molecule has 0 N–H and O–H groups in total. The Labute approximate surface area is 81.5 Å². The van der Waals surface area contributed by atoms with Gasteiger partial charge in [0.05, 0.1) is 23.6 Å². The summed E-state index contributed by atoms with van der Waals surface area (Å²) in [5.74, 6) is 1.13. The number of hydrogen-bond acceptors (Lipinski definition) is 4. The van der Waals surface area contributed by atoms with Gasteiger partial charge in [0.1, 0.15) is 5.78 Å². The fourth-order valence-corrected chi connectivity index (χ4v) is 2.33.